The highest BCUT2D eigenvalue weighted by molar-refractivity contribution is 7.81. The minimum Gasteiger partial charge on any atom is -0.497 e. The smallest absolute Gasteiger partial charge is 0.270 e. The molecule has 39 heavy (non-hydrogen) atoms. The molecular formula is C31H23ClN2O4S. The van der Waals surface area contributed by atoms with Gasteiger partial charge >= 0.3 is 0 Å². The average Bonchev–Trinajstić information content (AvgIpc) is 2.96. The Bertz CT molecular complexity index is 1510. The van der Waals surface area contributed by atoms with E-state index in [4.69, 9.17) is 33.3 Å². The summed E-state index contributed by atoms with van der Waals surface area (Å²) in [5.41, 5.74) is 2.44. The van der Waals surface area contributed by atoms with E-state index in [1.54, 1.807) is 55.6 Å². The number of nitrogens with zero attached hydrogens (tertiary/aromatic N) is 2. The summed E-state index contributed by atoms with van der Waals surface area (Å²) in [6.07, 6.45) is 1.53. The highest BCUT2D eigenvalue weighted by Gasteiger charge is 2.41. The largest absolute Gasteiger partial charge is 0.497 e. The molecular weight excluding hydrogens is 532 g/mol. The number of thiocarbonyl (C=S) groups is 1. The van der Waals surface area contributed by atoms with Crippen LogP contribution in [0, 0.1) is 0 Å². The lowest BCUT2D eigenvalue weighted by Crippen LogP contribution is -2.56. The molecule has 0 atom stereocenters. The molecule has 0 unspecified atom stereocenters. The van der Waals surface area contributed by atoms with Gasteiger partial charge in [0.05, 0.1) is 18.5 Å². The SMILES string of the molecule is COc1ccc(C=C2C(=O)N(c3ccccc3)C(=S)N(c3ccccc3)C2=O)c(OCc2cccc(Cl)c2)c1. The van der Waals surface area contributed by atoms with Gasteiger partial charge in [-0.1, -0.05) is 60.1 Å². The Hall–Kier alpha value is -4.46. The number of halogens is 1. The van der Waals surface area contributed by atoms with Crippen LogP contribution in [0.5, 0.6) is 11.5 Å². The first kappa shape index (κ1) is 26.2. The molecule has 8 heteroatoms. The number of methoxy groups -OCH3 is 1. The summed E-state index contributed by atoms with van der Waals surface area (Å²) < 4.78 is 11.5. The van der Waals surface area contributed by atoms with Crippen LogP contribution >= 0.6 is 23.8 Å². The molecule has 0 radical (unpaired) electrons. The van der Waals surface area contributed by atoms with Crippen LogP contribution < -0.4 is 19.3 Å². The quantitative estimate of drug-likeness (QED) is 0.145. The van der Waals surface area contributed by atoms with E-state index in [2.05, 4.69) is 0 Å². The van der Waals surface area contributed by atoms with Crippen molar-refractivity contribution >= 4 is 58.2 Å². The van der Waals surface area contributed by atoms with Gasteiger partial charge in [0.25, 0.3) is 11.8 Å². The molecule has 2 amide bonds. The van der Waals surface area contributed by atoms with E-state index in [1.165, 1.54) is 15.9 Å². The molecule has 0 spiro atoms. The standard InChI is InChI=1S/C31H23ClN2O4S/c1-37-26-16-15-22(28(19-26)38-20-21-9-8-10-23(32)17-21)18-27-29(35)33(24-11-4-2-5-12-24)31(39)34(30(27)36)25-13-6-3-7-14-25/h2-19H,20H2,1H3. The second kappa shape index (κ2) is 11.5. The van der Waals surface area contributed by atoms with Gasteiger partial charge in [0.1, 0.15) is 23.7 Å². The molecule has 0 bridgehead atoms. The van der Waals surface area contributed by atoms with Crippen molar-refractivity contribution in [2.24, 2.45) is 0 Å². The van der Waals surface area contributed by atoms with Gasteiger partial charge in [-0.25, -0.2) is 0 Å². The van der Waals surface area contributed by atoms with Crippen molar-refractivity contribution in [1.82, 2.24) is 0 Å². The summed E-state index contributed by atoms with van der Waals surface area (Å²) >= 11 is 11.8. The van der Waals surface area contributed by atoms with Gasteiger partial charge in [0.2, 0.25) is 0 Å². The Kier molecular flexibility index (Phi) is 7.72. The molecule has 0 saturated carbocycles. The number of carbonyl (C=O) groups excluding carboxylic acids is 2. The third-order valence-corrected chi connectivity index (χ3v) is 6.68. The number of anilines is 2. The zero-order chi connectivity index (χ0) is 27.4. The lowest BCUT2D eigenvalue weighted by Gasteiger charge is -2.36. The van der Waals surface area contributed by atoms with Crippen molar-refractivity contribution in [2.75, 3.05) is 16.9 Å². The summed E-state index contributed by atoms with van der Waals surface area (Å²) in [7, 11) is 1.55. The first-order valence-corrected chi connectivity index (χ1v) is 12.8. The molecule has 0 N–H and O–H groups in total. The molecule has 4 aromatic carbocycles. The van der Waals surface area contributed by atoms with Gasteiger partial charge in [0, 0.05) is 16.7 Å². The van der Waals surface area contributed by atoms with Gasteiger partial charge in [-0.2, -0.15) is 0 Å². The van der Waals surface area contributed by atoms with Gasteiger partial charge in [-0.05, 0) is 72.4 Å². The van der Waals surface area contributed by atoms with Gasteiger partial charge in [0.15, 0.2) is 5.11 Å². The number of hydrogen-bond acceptors (Lipinski definition) is 5. The van der Waals surface area contributed by atoms with Crippen LogP contribution in [-0.2, 0) is 16.2 Å². The van der Waals surface area contributed by atoms with E-state index in [1.807, 2.05) is 54.6 Å². The van der Waals surface area contributed by atoms with Crippen LogP contribution in [0.2, 0.25) is 5.02 Å². The molecule has 194 valence electrons. The number of para-hydroxylation sites is 2. The van der Waals surface area contributed by atoms with Crippen molar-refractivity contribution < 1.29 is 19.1 Å². The van der Waals surface area contributed by atoms with Crippen LogP contribution in [0.4, 0.5) is 11.4 Å². The Balaban J connectivity index is 1.59. The van der Waals surface area contributed by atoms with Gasteiger partial charge in [-0.3, -0.25) is 19.4 Å². The molecule has 0 aromatic heterocycles. The maximum atomic E-state index is 13.8. The van der Waals surface area contributed by atoms with Crippen LogP contribution in [0.1, 0.15) is 11.1 Å². The minimum atomic E-state index is -0.528. The van der Waals surface area contributed by atoms with Crippen molar-refractivity contribution in [2.45, 2.75) is 6.61 Å². The van der Waals surface area contributed by atoms with Crippen molar-refractivity contribution in [3.05, 3.63) is 125 Å². The fourth-order valence-electron chi connectivity index (χ4n) is 4.17. The Morgan fingerprint density at radius 2 is 1.41 bits per heavy atom. The third-order valence-electron chi connectivity index (χ3n) is 6.08. The Morgan fingerprint density at radius 1 is 0.795 bits per heavy atom. The van der Waals surface area contributed by atoms with Gasteiger partial charge < -0.3 is 9.47 Å². The van der Waals surface area contributed by atoms with Crippen LogP contribution in [0.15, 0.2) is 109 Å². The molecule has 4 aromatic rings. The molecule has 1 aliphatic rings. The highest BCUT2D eigenvalue weighted by Crippen LogP contribution is 2.33. The van der Waals surface area contributed by atoms with Crippen LogP contribution in [0.25, 0.3) is 6.08 Å². The summed E-state index contributed by atoms with van der Waals surface area (Å²) in [4.78, 5) is 30.4. The van der Waals surface area contributed by atoms with E-state index >= 15 is 0 Å². The molecule has 0 aliphatic carbocycles. The molecule has 1 fully saturated rings. The number of rotatable bonds is 7. The number of benzene rings is 4. The van der Waals surface area contributed by atoms with E-state index < -0.39 is 11.8 Å². The lowest BCUT2D eigenvalue weighted by atomic mass is 10.0. The minimum absolute atomic E-state index is 0.0610. The predicted octanol–water partition coefficient (Wildman–Crippen LogP) is 6.68. The molecule has 5 rings (SSSR count). The zero-order valence-corrected chi connectivity index (χ0v) is 22.5. The van der Waals surface area contributed by atoms with Crippen molar-refractivity contribution in [1.29, 1.82) is 0 Å². The van der Waals surface area contributed by atoms with E-state index in [0.717, 1.165) is 5.56 Å². The predicted molar refractivity (Wildman–Crippen MR) is 157 cm³/mol. The topological polar surface area (TPSA) is 59.1 Å². The maximum absolute atomic E-state index is 13.8. The zero-order valence-electron chi connectivity index (χ0n) is 20.9. The maximum Gasteiger partial charge on any atom is 0.270 e. The number of carbonyl (C=O) groups is 2. The first-order valence-electron chi connectivity index (χ1n) is 12.1. The van der Waals surface area contributed by atoms with E-state index in [9.17, 15) is 9.59 Å². The van der Waals surface area contributed by atoms with Crippen molar-refractivity contribution in [3.63, 3.8) is 0 Å². The number of amides is 2. The Labute approximate surface area is 236 Å². The monoisotopic (exact) mass is 554 g/mol. The van der Waals surface area contributed by atoms with Crippen LogP contribution in [-0.4, -0.2) is 24.0 Å². The molecule has 6 nitrogen and oxygen atoms in total. The average molecular weight is 555 g/mol. The lowest BCUT2D eigenvalue weighted by molar-refractivity contribution is -0.120. The molecule has 1 saturated heterocycles. The second-order valence-corrected chi connectivity index (χ2v) is 9.42. The summed E-state index contributed by atoms with van der Waals surface area (Å²) in [5.74, 6) is -0.0504. The van der Waals surface area contributed by atoms with Crippen molar-refractivity contribution in [3.8, 4) is 11.5 Å². The normalized spacial score (nSPS) is 13.5. The van der Waals surface area contributed by atoms with Crippen LogP contribution in [0.3, 0.4) is 0 Å². The summed E-state index contributed by atoms with van der Waals surface area (Å²) in [5, 5.41) is 0.673. The first-order chi connectivity index (χ1) is 19.0. The Morgan fingerprint density at radius 3 is 1.97 bits per heavy atom. The number of hydrogen-bond donors (Lipinski definition) is 0. The molecule has 1 aliphatic heterocycles. The fraction of sp³-hybridized carbons (Fsp3) is 0.0645. The van der Waals surface area contributed by atoms with E-state index in [-0.39, 0.29) is 17.3 Å². The fourth-order valence-corrected chi connectivity index (χ4v) is 4.76. The highest BCUT2D eigenvalue weighted by atomic mass is 35.5. The third kappa shape index (κ3) is 5.55. The number of ether oxygens (including phenoxy) is 2. The summed E-state index contributed by atoms with van der Waals surface area (Å²) in [6.45, 7) is 0.224. The molecule has 1 heterocycles. The second-order valence-electron chi connectivity index (χ2n) is 8.62. The summed E-state index contributed by atoms with van der Waals surface area (Å²) in [6, 6.07) is 30.5. The van der Waals surface area contributed by atoms with E-state index in [0.29, 0.717) is 33.5 Å². The van der Waals surface area contributed by atoms with Gasteiger partial charge in [-0.15, -0.1) is 0 Å².